The van der Waals surface area contributed by atoms with Gasteiger partial charge in [0.1, 0.15) is 5.69 Å². The molecule has 1 aliphatic carbocycles. The van der Waals surface area contributed by atoms with Crippen LogP contribution in [0.4, 0.5) is 8.78 Å². The molecule has 1 aromatic carbocycles. The van der Waals surface area contributed by atoms with E-state index in [4.69, 9.17) is 0 Å². The lowest BCUT2D eigenvalue weighted by Gasteiger charge is -2.34. The Kier molecular flexibility index (Phi) is 4.81. The molecule has 2 atom stereocenters. The summed E-state index contributed by atoms with van der Waals surface area (Å²) in [5, 5.41) is 12.1. The minimum Gasteiger partial charge on any atom is -0.396 e. The van der Waals surface area contributed by atoms with E-state index in [-0.39, 0.29) is 18.1 Å². The average molecular weight is 346 g/mol. The van der Waals surface area contributed by atoms with Gasteiger partial charge in [0.25, 0.3) is 5.91 Å². The Balaban J connectivity index is 1.90. The minimum atomic E-state index is -3.74. The van der Waals surface area contributed by atoms with E-state index in [1.54, 1.807) is 12.1 Å². The monoisotopic (exact) mass is 346 g/mol. The fourth-order valence-electron chi connectivity index (χ4n) is 3.37. The van der Waals surface area contributed by atoms with Crippen molar-refractivity contribution in [2.75, 3.05) is 6.61 Å². The zero-order chi connectivity index (χ0) is 18.0. The van der Waals surface area contributed by atoms with Crippen LogP contribution >= 0.6 is 0 Å². The molecule has 1 aromatic heterocycles. The van der Waals surface area contributed by atoms with E-state index in [1.807, 2.05) is 18.2 Å². The van der Waals surface area contributed by atoms with Crippen molar-refractivity contribution in [2.24, 2.45) is 5.92 Å². The van der Waals surface area contributed by atoms with Crippen LogP contribution in [0.1, 0.15) is 34.8 Å². The summed E-state index contributed by atoms with van der Waals surface area (Å²) in [6, 6.07) is 9.82. The molecule has 0 aliphatic heterocycles. The number of alkyl halides is 2. The van der Waals surface area contributed by atoms with E-state index in [0.29, 0.717) is 6.42 Å². The molecule has 3 rings (SSSR count). The van der Waals surface area contributed by atoms with Crippen molar-refractivity contribution in [1.82, 2.24) is 10.3 Å². The zero-order valence-corrected chi connectivity index (χ0v) is 13.9. The third-order valence-electron chi connectivity index (χ3n) is 4.76. The second kappa shape index (κ2) is 6.88. The molecule has 25 heavy (non-hydrogen) atoms. The number of fused-ring (bicyclic) bond motifs is 1. The fraction of sp³-hybridized carbons (Fsp3) is 0.368. The van der Waals surface area contributed by atoms with Crippen LogP contribution in [0.25, 0.3) is 0 Å². The summed E-state index contributed by atoms with van der Waals surface area (Å²) < 4.78 is 29.3. The number of nitrogens with one attached hydrogen (secondary N) is 1. The number of aromatic nitrogens is 1. The number of rotatable bonds is 4. The first kappa shape index (κ1) is 17.5. The van der Waals surface area contributed by atoms with Gasteiger partial charge in [-0.2, -0.15) is 8.78 Å². The van der Waals surface area contributed by atoms with Gasteiger partial charge < -0.3 is 10.4 Å². The van der Waals surface area contributed by atoms with Gasteiger partial charge in [-0.25, -0.2) is 0 Å². The number of aryl methyl sites for hydroxylation is 2. The van der Waals surface area contributed by atoms with Gasteiger partial charge in [-0.05, 0) is 42.5 Å². The number of carbonyl (C=O) groups is 1. The lowest BCUT2D eigenvalue weighted by molar-refractivity contribution is -0.149. The largest absolute Gasteiger partial charge is 0.396 e. The average Bonchev–Trinajstić information content (AvgIpc) is 2.62. The number of aliphatic hydroxyl groups excluding tert-OH is 1. The van der Waals surface area contributed by atoms with Gasteiger partial charge in [-0.15, -0.1) is 0 Å². The number of nitrogens with zero attached hydrogens (tertiary/aromatic N) is 1. The predicted molar refractivity (Wildman–Crippen MR) is 89.1 cm³/mol. The van der Waals surface area contributed by atoms with Gasteiger partial charge in [0.15, 0.2) is 0 Å². The Bertz CT molecular complexity index is 780. The summed E-state index contributed by atoms with van der Waals surface area (Å²) in [5.41, 5.74) is 1.51. The number of pyridine rings is 1. The second-order valence-electron chi connectivity index (χ2n) is 6.37. The Labute approximate surface area is 144 Å². The highest BCUT2D eigenvalue weighted by molar-refractivity contribution is 5.85. The summed E-state index contributed by atoms with van der Waals surface area (Å²) in [5.74, 6) is -5.42. The van der Waals surface area contributed by atoms with Gasteiger partial charge in [0, 0.05) is 18.7 Å². The van der Waals surface area contributed by atoms with E-state index in [0.717, 1.165) is 17.5 Å². The predicted octanol–water partition coefficient (Wildman–Crippen LogP) is 2.89. The lowest BCUT2D eigenvalue weighted by Crippen LogP contribution is -2.45. The first-order chi connectivity index (χ1) is 11.9. The summed E-state index contributed by atoms with van der Waals surface area (Å²) in [6.07, 6.45) is 2.63. The van der Waals surface area contributed by atoms with Gasteiger partial charge in [-0.1, -0.05) is 30.3 Å². The molecular formula is C19H20F2N2O2. The maximum atomic E-state index is 14.6. The molecule has 0 saturated heterocycles. The highest BCUT2D eigenvalue weighted by Gasteiger charge is 2.45. The SMILES string of the molecule is Cc1cccnc1C(F)(F)C(=O)N[C@H]1c2ccccc2CC[C@@H]1CO. The number of hydrogen-bond acceptors (Lipinski definition) is 3. The molecule has 1 aliphatic rings. The maximum absolute atomic E-state index is 14.6. The van der Waals surface area contributed by atoms with Crippen molar-refractivity contribution < 1.29 is 18.7 Å². The van der Waals surface area contributed by atoms with Crippen molar-refractivity contribution >= 4 is 5.91 Å². The normalized spacial score (nSPS) is 20.0. The smallest absolute Gasteiger partial charge is 0.366 e. The van der Waals surface area contributed by atoms with Gasteiger partial charge >= 0.3 is 5.92 Å². The topological polar surface area (TPSA) is 62.2 Å². The van der Waals surface area contributed by atoms with Crippen molar-refractivity contribution in [3.8, 4) is 0 Å². The molecule has 0 saturated carbocycles. The number of benzene rings is 1. The van der Waals surface area contributed by atoms with Crippen LogP contribution in [0, 0.1) is 12.8 Å². The van der Waals surface area contributed by atoms with Crippen LogP contribution in [0.15, 0.2) is 42.6 Å². The molecule has 2 N–H and O–H groups in total. The molecule has 1 amide bonds. The van der Waals surface area contributed by atoms with E-state index in [9.17, 15) is 18.7 Å². The lowest BCUT2D eigenvalue weighted by atomic mass is 9.80. The zero-order valence-electron chi connectivity index (χ0n) is 13.9. The molecule has 2 aromatic rings. The standard InChI is InChI=1S/C19H20F2N2O2/c1-12-5-4-10-22-17(12)19(20,21)18(25)23-16-14(11-24)9-8-13-6-2-3-7-15(13)16/h2-7,10,14,16,24H,8-9,11H2,1H3,(H,23,25)/t14-,16-/m1/s1. The highest BCUT2D eigenvalue weighted by atomic mass is 19.3. The Morgan fingerprint density at radius 3 is 2.80 bits per heavy atom. The van der Waals surface area contributed by atoms with Crippen molar-refractivity contribution in [2.45, 2.75) is 31.7 Å². The molecule has 0 fully saturated rings. The Hall–Kier alpha value is -2.34. The Morgan fingerprint density at radius 1 is 1.32 bits per heavy atom. The number of amides is 1. The summed E-state index contributed by atoms with van der Waals surface area (Å²) in [7, 11) is 0. The van der Waals surface area contributed by atoms with Crippen LogP contribution in [-0.2, 0) is 17.1 Å². The molecule has 0 bridgehead atoms. The van der Waals surface area contributed by atoms with Gasteiger partial charge in [0.2, 0.25) is 0 Å². The second-order valence-corrected chi connectivity index (χ2v) is 6.37. The number of halogens is 2. The van der Waals surface area contributed by atoms with Crippen LogP contribution in [0.3, 0.4) is 0 Å². The Morgan fingerprint density at radius 2 is 2.08 bits per heavy atom. The minimum absolute atomic E-state index is 0.173. The number of hydrogen-bond donors (Lipinski definition) is 2. The fourth-order valence-corrected chi connectivity index (χ4v) is 3.37. The third-order valence-corrected chi connectivity index (χ3v) is 4.76. The quantitative estimate of drug-likeness (QED) is 0.895. The van der Waals surface area contributed by atoms with Crippen LogP contribution in [-0.4, -0.2) is 22.6 Å². The van der Waals surface area contributed by atoms with E-state index < -0.39 is 23.6 Å². The van der Waals surface area contributed by atoms with Gasteiger partial charge in [-0.3, -0.25) is 9.78 Å². The summed E-state index contributed by atoms with van der Waals surface area (Å²) >= 11 is 0. The maximum Gasteiger partial charge on any atom is 0.366 e. The number of aliphatic hydroxyl groups is 1. The van der Waals surface area contributed by atoms with Crippen molar-refractivity contribution in [3.05, 3.63) is 65.0 Å². The molecule has 6 heteroatoms. The van der Waals surface area contributed by atoms with Crippen molar-refractivity contribution in [3.63, 3.8) is 0 Å². The highest BCUT2D eigenvalue weighted by Crippen LogP contribution is 2.36. The molecule has 0 spiro atoms. The molecule has 4 nitrogen and oxygen atoms in total. The summed E-state index contributed by atoms with van der Waals surface area (Å²) in [4.78, 5) is 16.1. The first-order valence-electron chi connectivity index (χ1n) is 8.24. The summed E-state index contributed by atoms with van der Waals surface area (Å²) in [6.45, 7) is 1.32. The third kappa shape index (κ3) is 3.26. The van der Waals surface area contributed by atoms with Crippen LogP contribution < -0.4 is 5.32 Å². The van der Waals surface area contributed by atoms with Crippen molar-refractivity contribution in [1.29, 1.82) is 0 Å². The molecule has 0 unspecified atom stereocenters. The number of carbonyl (C=O) groups excluding carboxylic acids is 1. The van der Waals surface area contributed by atoms with E-state index in [2.05, 4.69) is 10.3 Å². The first-order valence-corrected chi connectivity index (χ1v) is 8.24. The van der Waals surface area contributed by atoms with E-state index in [1.165, 1.54) is 19.2 Å². The van der Waals surface area contributed by atoms with E-state index >= 15 is 0 Å². The van der Waals surface area contributed by atoms with Crippen LogP contribution in [0.2, 0.25) is 0 Å². The molecular weight excluding hydrogens is 326 g/mol. The van der Waals surface area contributed by atoms with Crippen LogP contribution in [0.5, 0.6) is 0 Å². The molecule has 1 heterocycles. The van der Waals surface area contributed by atoms with Gasteiger partial charge in [0.05, 0.1) is 6.04 Å². The molecule has 132 valence electrons. The molecule has 0 radical (unpaired) electrons.